The number of nitro benzene ring substituents is 1. The molecule has 140 valence electrons. The number of esters is 1. The molecule has 3 rings (SSSR count). The van der Waals surface area contributed by atoms with Gasteiger partial charge >= 0.3 is 11.7 Å². The Morgan fingerprint density at radius 3 is 2.41 bits per heavy atom. The first-order chi connectivity index (χ1) is 12.8. The van der Waals surface area contributed by atoms with Crippen molar-refractivity contribution in [2.24, 2.45) is 0 Å². The average Bonchev–Trinajstić information content (AvgIpc) is 3.01. The van der Waals surface area contributed by atoms with E-state index >= 15 is 0 Å². The first kappa shape index (κ1) is 18.4. The van der Waals surface area contributed by atoms with E-state index in [0.717, 1.165) is 0 Å². The van der Waals surface area contributed by atoms with Crippen molar-refractivity contribution in [3.05, 3.63) is 57.9 Å². The molecule has 0 saturated heterocycles. The van der Waals surface area contributed by atoms with Crippen LogP contribution in [0, 0.1) is 15.9 Å². The summed E-state index contributed by atoms with van der Waals surface area (Å²) in [7, 11) is 1.21. The minimum atomic E-state index is -0.683. The van der Waals surface area contributed by atoms with Crippen molar-refractivity contribution in [1.82, 2.24) is 0 Å². The Morgan fingerprint density at radius 2 is 1.85 bits per heavy atom. The smallest absolute Gasteiger partial charge is 0.342 e. The van der Waals surface area contributed by atoms with E-state index in [1.165, 1.54) is 43.5 Å². The summed E-state index contributed by atoms with van der Waals surface area (Å²) in [6.07, 6.45) is -0.366. The highest BCUT2D eigenvalue weighted by Crippen LogP contribution is 2.43. The molecule has 0 saturated carbocycles. The number of furan rings is 1. The van der Waals surface area contributed by atoms with Gasteiger partial charge in [0.1, 0.15) is 17.1 Å². The predicted octanol–water partition coefficient (Wildman–Crippen LogP) is 4.72. The Hall–Kier alpha value is -3.42. The zero-order chi connectivity index (χ0) is 19.7. The number of nitro groups is 1. The molecule has 0 aliphatic carbocycles. The van der Waals surface area contributed by atoms with E-state index in [-0.39, 0.29) is 34.4 Å². The van der Waals surface area contributed by atoms with Crippen LogP contribution in [0.5, 0.6) is 5.75 Å². The molecule has 0 spiro atoms. The number of ether oxygens (including phenoxy) is 2. The molecular formula is C19H16FNO6. The summed E-state index contributed by atoms with van der Waals surface area (Å²) in [4.78, 5) is 23.2. The standard InChI is InChI=1S/C19H16FNO6/c1-10(2)26-18-14(21(23)24)9-8-13-15(19(22)25-3)16(27-17(13)18)11-4-6-12(20)7-5-11/h4-10H,1-3H3. The van der Waals surface area contributed by atoms with E-state index in [4.69, 9.17) is 13.9 Å². The molecular weight excluding hydrogens is 357 g/mol. The van der Waals surface area contributed by atoms with Gasteiger partial charge in [-0.1, -0.05) is 0 Å². The van der Waals surface area contributed by atoms with E-state index in [9.17, 15) is 19.3 Å². The normalized spacial score (nSPS) is 11.0. The lowest BCUT2D eigenvalue weighted by molar-refractivity contribution is -0.385. The number of carbonyl (C=O) groups excluding carboxylic acids is 1. The van der Waals surface area contributed by atoms with Crippen LogP contribution < -0.4 is 4.74 Å². The summed E-state index contributed by atoms with van der Waals surface area (Å²) >= 11 is 0. The highest BCUT2D eigenvalue weighted by Gasteiger charge is 2.29. The van der Waals surface area contributed by atoms with Gasteiger partial charge in [-0.15, -0.1) is 0 Å². The molecule has 8 heteroatoms. The zero-order valence-corrected chi connectivity index (χ0v) is 14.8. The molecule has 2 aromatic carbocycles. The van der Waals surface area contributed by atoms with Gasteiger partial charge in [0.15, 0.2) is 5.58 Å². The molecule has 0 radical (unpaired) electrons. The highest BCUT2D eigenvalue weighted by molar-refractivity contribution is 6.10. The summed E-state index contributed by atoms with van der Waals surface area (Å²) in [6.45, 7) is 3.43. The van der Waals surface area contributed by atoms with Crippen LogP contribution in [0.1, 0.15) is 24.2 Å². The Labute approximate surface area is 153 Å². The second-order valence-electron chi connectivity index (χ2n) is 6.02. The monoisotopic (exact) mass is 373 g/mol. The number of hydrogen-bond donors (Lipinski definition) is 0. The van der Waals surface area contributed by atoms with E-state index in [1.807, 2.05) is 0 Å². The number of halogens is 1. The Bertz CT molecular complexity index is 1020. The van der Waals surface area contributed by atoms with Gasteiger partial charge in [-0.05, 0) is 44.2 Å². The molecule has 0 unspecified atom stereocenters. The number of rotatable bonds is 5. The highest BCUT2D eigenvalue weighted by atomic mass is 19.1. The number of benzene rings is 2. The van der Waals surface area contributed by atoms with Gasteiger partial charge in [0, 0.05) is 17.0 Å². The van der Waals surface area contributed by atoms with Crippen LogP contribution >= 0.6 is 0 Å². The van der Waals surface area contributed by atoms with Crippen molar-refractivity contribution in [3.63, 3.8) is 0 Å². The fraction of sp³-hybridized carbons (Fsp3) is 0.211. The Kier molecular flexibility index (Phi) is 4.81. The molecule has 0 amide bonds. The number of methoxy groups -OCH3 is 1. The van der Waals surface area contributed by atoms with Crippen molar-refractivity contribution < 1.29 is 28.0 Å². The molecule has 1 aromatic heterocycles. The topological polar surface area (TPSA) is 91.8 Å². The lowest BCUT2D eigenvalue weighted by Gasteiger charge is -2.10. The van der Waals surface area contributed by atoms with Crippen LogP contribution in [0.2, 0.25) is 0 Å². The second kappa shape index (κ2) is 7.06. The van der Waals surface area contributed by atoms with E-state index in [0.29, 0.717) is 10.9 Å². The van der Waals surface area contributed by atoms with Gasteiger partial charge in [0.05, 0.1) is 18.1 Å². The van der Waals surface area contributed by atoms with Crippen molar-refractivity contribution in [3.8, 4) is 17.1 Å². The van der Waals surface area contributed by atoms with Crippen LogP contribution in [0.4, 0.5) is 10.1 Å². The molecule has 0 atom stereocenters. The summed E-state index contributed by atoms with van der Waals surface area (Å²) in [6, 6.07) is 7.97. The third kappa shape index (κ3) is 3.33. The molecule has 3 aromatic rings. The summed E-state index contributed by atoms with van der Waals surface area (Å²) < 4.78 is 29.5. The van der Waals surface area contributed by atoms with Gasteiger partial charge in [-0.3, -0.25) is 10.1 Å². The predicted molar refractivity (Wildman–Crippen MR) is 95.4 cm³/mol. The van der Waals surface area contributed by atoms with Crippen molar-refractivity contribution in [1.29, 1.82) is 0 Å². The van der Waals surface area contributed by atoms with Gasteiger partial charge in [-0.25, -0.2) is 9.18 Å². The average molecular weight is 373 g/mol. The lowest BCUT2D eigenvalue weighted by Crippen LogP contribution is -2.08. The van der Waals surface area contributed by atoms with Crippen molar-refractivity contribution in [2.45, 2.75) is 20.0 Å². The van der Waals surface area contributed by atoms with Crippen molar-refractivity contribution >= 4 is 22.6 Å². The minimum absolute atomic E-state index is 0.0534. The van der Waals surface area contributed by atoms with E-state index in [2.05, 4.69) is 0 Å². The SMILES string of the molecule is COC(=O)c1c(-c2ccc(F)cc2)oc2c(OC(C)C)c([N+](=O)[O-])ccc12. The summed E-state index contributed by atoms with van der Waals surface area (Å²) in [5, 5.41) is 11.7. The molecule has 27 heavy (non-hydrogen) atoms. The largest absolute Gasteiger partial charge is 0.481 e. The van der Waals surface area contributed by atoms with Crippen LogP contribution in [-0.2, 0) is 4.74 Å². The maximum absolute atomic E-state index is 13.3. The van der Waals surface area contributed by atoms with Gasteiger partial charge in [0.25, 0.3) is 0 Å². The summed E-state index contributed by atoms with van der Waals surface area (Å²) in [5.74, 6) is -1.09. The fourth-order valence-electron chi connectivity index (χ4n) is 2.73. The number of fused-ring (bicyclic) bond motifs is 1. The second-order valence-corrected chi connectivity index (χ2v) is 6.02. The Balaban J connectivity index is 2.37. The number of nitrogens with zero attached hydrogens (tertiary/aromatic N) is 1. The Morgan fingerprint density at radius 1 is 1.19 bits per heavy atom. The molecule has 0 aliphatic rings. The van der Waals surface area contributed by atoms with Crippen molar-refractivity contribution in [2.75, 3.05) is 7.11 Å². The van der Waals surface area contributed by atoms with Crippen LogP contribution in [-0.4, -0.2) is 24.1 Å². The zero-order valence-electron chi connectivity index (χ0n) is 14.8. The van der Waals surface area contributed by atoms with Gasteiger partial charge in [-0.2, -0.15) is 0 Å². The first-order valence-electron chi connectivity index (χ1n) is 8.08. The van der Waals surface area contributed by atoms with E-state index in [1.54, 1.807) is 13.8 Å². The molecule has 0 bridgehead atoms. The first-order valence-corrected chi connectivity index (χ1v) is 8.08. The molecule has 7 nitrogen and oxygen atoms in total. The third-order valence-corrected chi connectivity index (χ3v) is 3.84. The maximum atomic E-state index is 13.3. The van der Waals surface area contributed by atoms with Crippen LogP contribution in [0.25, 0.3) is 22.3 Å². The van der Waals surface area contributed by atoms with E-state index < -0.39 is 16.7 Å². The number of carbonyl (C=O) groups is 1. The maximum Gasteiger partial charge on any atom is 0.342 e. The number of hydrogen-bond acceptors (Lipinski definition) is 6. The van der Waals surface area contributed by atoms with Gasteiger partial charge in [0.2, 0.25) is 5.75 Å². The fourth-order valence-corrected chi connectivity index (χ4v) is 2.73. The van der Waals surface area contributed by atoms with Crippen LogP contribution in [0.3, 0.4) is 0 Å². The molecule has 0 fully saturated rings. The minimum Gasteiger partial charge on any atom is -0.481 e. The quantitative estimate of drug-likeness (QED) is 0.365. The third-order valence-electron chi connectivity index (χ3n) is 3.84. The van der Waals surface area contributed by atoms with Crippen LogP contribution in [0.15, 0.2) is 40.8 Å². The van der Waals surface area contributed by atoms with Gasteiger partial charge < -0.3 is 13.9 Å². The lowest BCUT2D eigenvalue weighted by atomic mass is 10.0. The molecule has 0 aliphatic heterocycles. The molecule has 1 heterocycles. The summed E-state index contributed by atoms with van der Waals surface area (Å²) in [5.41, 5.74) is 0.276. The molecule has 0 N–H and O–H groups in total.